The second kappa shape index (κ2) is 6.62. The summed E-state index contributed by atoms with van der Waals surface area (Å²) in [4.78, 5) is 3.86. The van der Waals surface area contributed by atoms with Crippen LogP contribution in [-0.2, 0) is 6.18 Å². The number of piperidine rings is 1. The first kappa shape index (κ1) is 17.3. The van der Waals surface area contributed by atoms with Gasteiger partial charge in [0, 0.05) is 12.3 Å². The highest BCUT2D eigenvalue weighted by atomic mass is 35.5. The quantitative estimate of drug-likeness (QED) is 0.914. The van der Waals surface area contributed by atoms with E-state index in [9.17, 15) is 13.2 Å². The van der Waals surface area contributed by atoms with E-state index < -0.39 is 11.7 Å². The van der Waals surface area contributed by atoms with Crippen molar-refractivity contribution >= 4 is 12.4 Å². The molecule has 1 N–H and O–H groups in total. The summed E-state index contributed by atoms with van der Waals surface area (Å²) >= 11 is 0. The van der Waals surface area contributed by atoms with E-state index in [0.29, 0.717) is 17.9 Å². The highest BCUT2D eigenvalue weighted by molar-refractivity contribution is 5.85. The summed E-state index contributed by atoms with van der Waals surface area (Å²) in [7, 11) is 0. The van der Waals surface area contributed by atoms with Gasteiger partial charge in [-0.15, -0.1) is 12.4 Å². The Kier molecular flexibility index (Phi) is 5.22. The number of alkyl halides is 3. The molecule has 0 bridgehead atoms. The molecule has 0 radical (unpaired) electrons. The summed E-state index contributed by atoms with van der Waals surface area (Å²) in [6.07, 6.45) is 1.43. The van der Waals surface area contributed by atoms with Crippen LogP contribution < -0.4 is 10.1 Å². The van der Waals surface area contributed by atoms with Crippen molar-refractivity contribution in [2.75, 3.05) is 19.7 Å². The maximum Gasteiger partial charge on any atom is 0.416 e. The van der Waals surface area contributed by atoms with Crippen LogP contribution in [0.1, 0.15) is 31.2 Å². The molecule has 1 saturated heterocycles. The van der Waals surface area contributed by atoms with Gasteiger partial charge in [-0.1, -0.05) is 0 Å². The Labute approximate surface area is 134 Å². The Hall–Kier alpha value is -1.01. The third-order valence-electron chi connectivity index (χ3n) is 4.64. The molecule has 2 fully saturated rings. The second-order valence-corrected chi connectivity index (χ2v) is 6.22. The normalized spacial score (nSPS) is 21.0. The largest absolute Gasteiger partial charge is 0.477 e. The molecule has 3 rings (SSSR count). The van der Waals surface area contributed by atoms with Crippen molar-refractivity contribution in [3.63, 3.8) is 0 Å². The summed E-state index contributed by atoms with van der Waals surface area (Å²) < 4.78 is 43.2. The summed E-state index contributed by atoms with van der Waals surface area (Å²) in [6, 6.07) is 1.93. The summed E-state index contributed by atoms with van der Waals surface area (Å²) in [6.45, 7) is 2.61. The molecule has 1 aromatic rings. The van der Waals surface area contributed by atoms with Gasteiger partial charge in [-0.2, -0.15) is 13.2 Å². The van der Waals surface area contributed by atoms with Crippen LogP contribution in [-0.4, -0.2) is 24.7 Å². The lowest BCUT2D eigenvalue weighted by Gasteiger charge is -2.50. The van der Waals surface area contributed by atoms with Gasteiger partial charge in [0.15, 0.2) is 0 Å². The molecule has 2 aliphatic rings. The Morgan fingerprint density at radius 2 is 1.95 bits per heavy atom. The number of aromatic nitrogens is 1. The summed E-state index contributed by atoms with van der Waals surface area (Å²) in [5, 5.41) is 3.35. The third-order valence-corrected chi connectivity index (χ3v) is 4.64. The van der Waals surface area contributed by atoms with Crippen LogP contribution in [0.2, 0.25) is 0 Å². The molecule has 0 amide bonds. The number of rotatable bonds is 3. The van der Waals surface area contributed by atoms with Crippen molar-refractivity contribution in [1.29, 1.82) is 0 Å². The maximum atomic E-state index is 12.6. The number of halogens is 4. The molecule has 1 aromatic heterocycles. The zero-order valence-corrected chi connectivity index (χ0v) is 13.0. The first-order valence-electron chi connectivity index (χ1n) is 7.34. The molecular weight excluding hydrogens is 317 g/mol. The minimum Gasteiger partial charge on any atom is -0.477 e. The predicted octanol–water partition coefficient (Wildman–Crippen LogP) is 3.68. The van der Waals surface area contributed by atoms with Crippen LogP contribution in [0.3, 0.4) is 0 Å². The van der Waals surface area contributed by atoms with Gasteiger partial charge in [0.2, 0.25) is 5.88 Å². The van der Waals surface area contributed by atoms with Crippen molar-refractivity contribution in [1.82, 2.24) is 10.3 Å². The van der Waals surface area contributed by atoms with E-state index in [1.807, 2.05) is 0 Å². The number of hydrogen-bond donors (Lipinski definition) is 1. The van der Waals surface area contributed by atoms with Gasteiger partial charge in [-0.25, -0.2) is 4.98 Å². The Morgan fingerprint density at radius 3 is 2.59 bits per heavy atom. The van der Waals surface area contributed by atoms with Crippen molar-refractivity contribution in [2.45, 2.75) is 31.9 Å². The molecule has 1 spiro atoms. The first-order chi connectivity index (χ1) is 9.97. The van der Waals surface area contributed by atoms with Crippen LogP contribution >= 0.6 is 12.4 Å². The lowest BCUT2D eigenvalue weighted by atomic mass is 9.58. The zero-order valence-electron chi connectivity index (χ0n) is 12.2. The average Bonchev–Trinajstić information content (AvgIpc) is 2.43. The number of ether oxygens (including phenoxy) is 1. The number of hydrogen-bond acceptors (Lipinski definition) is 3. The lowest BCUT2D eigenvalue weighted by Crippen LogP contribution is -2.46. The molecule has 0 unspecified atom stereocenters. The Bertz CT molecular complexity index is 496. The van der Waals surface area contributed by atoms with Gasteiger partial charge < -0.3 is 10.1 Å². The van der Waals surface area contributed by atoms with Gasteiger partial charge in [0.25, 0.3) is 0 Å². The fourth-order valence-electron chi connectivity index (χ4n) is 3.52. The Morgan fingerprint density at radius 1 is 1.27 bits per heavy atom. The second-order valence-electron chi connectivity index (χ2n) is 6.22. The van der Waals surface area contributed by atoms with Gasteiger partial charge >= 0.3 is 6.18 Å². The Balaban J connectivity index is 0.00000176. The molecule has 1 aliphatic carbocycles. The van der Waals surface area contributed by atoms with Crippen molar-refractivity contribution < 1.29 is 17.9 Å². The minimum atomic E-state index is -4.35. The van der Waals surface area contributed by atoms with Crippen LogP contribution in [0.4, 0.5) is 13.2 Å². The van der Waals surface area contributed by atoms with Crippen molar-refractivity contribution in [2.24, 2.45) is 11.3 Å². The van der Waals surface area contributed by atoms with E-state index in [0.717, 1.165) is 44.3 Å². The van der Waals surface area contributed by atoms with Crippen LogP contribution in [0.25, 0.3) is 0 Å². The van der Waals surface area contributed by atoms with Gasteiger partial charge in [-0.05, 0) is 56.2 Å². The SMILES string of the molecule is Cl.FC(F)(F)c1ccnc(OCC2CC3(CCNCC3)C2)c1. The summed E-state index contributed by atoms with van der Waals surface area (Å²) in [5.74, 6) is 0.510. The van der Waals surface area contributed by atoms with Crippen LogP contribution in [0.5, 0.6) is 5.88 Å². The first-order valence-corrected chi connectivity index (χ1v) is 7.34. The van der Waals surface area contributed by atoms with Gasteiger partial charge in [0.1, 0.15) is 0 Å². The molecule has 124 valence electrons. The molecule has 2 heterocycles. The highest BCUT2D eigenvalue weighted by Gasteiger charge is 2.44. The average molecular weight is 337 g/mol. The minimum absolute atomic E-state index is 0. The monoisotopic (exact) mass is 336 g/mol. The highest BCUT2D eigenvalue weighted by Crippen LogP contribution is 2.51. The van der Waals surface area contributed by atoms with E-state index >= 15 is 0 Å². The molecule has 0 atom stereocenters. The molecule has 0 aromatic carbocycles. The molecule has 7 heteroatoms. The number of pyridine rings is 1. The van der Waals surface area contributed by atoms with E-state index in [1.54, 1.807) is 0 Å². The molecular formula is C15H20ClF3N2O. The van der Waals surface area contributed by atoms with Crippen molar-refractivity contribution in [3.05, 3.63) is 23.9 Å². The van der Waals surface area contributed by atoms with Crippen LogP contribution in [0.15, 0.2) is 18.3 Å². The molecule has 1 saturated carbocycles. The van der Waals surface area contributed by atoms with E-state index in [2.05, 4.69) is 10.3 Å². The molecule has 22 heavy (non-hydrogen) atoms. The van der Waals surface area contributed by atoms with Crippen LogP contribution in [0, 0.1) is 11.3 Å². The molecule has 3 nitrogen and oxygen atoms in total. The fourth-order valence-corrected chi connectivity index (χ4v) is 3.52. The van der Waals surface area contributed by atoms with Gasteiger partial charge in [0.05, 0.1) is 12.2 Å². The smallest absolute Gasteiger partial charge is 0.416 e. The number of nitrogens with zero attached hydrogens (tertiary/aromatic N) is 1. The number of nitrogens with one attached hydrogen (secondary N) is 1. The standard InChI is InChI=1S/C15H19F3N2O.ClH/c16-15(17,18)12-1-4-20-13(7-12)21-10-11-8-14(9-11)2-5-19-6-3-14;/h1,4,7,11,19H,2-3,5-6,8-10H2;1H. The zero-order chi connectivity index (χ0) is 14.9. The predicted molar refractivity (Wildman–Crippen MR) is 79.2 cm³/mol. The topological polar surface area (TPSA) is 34.1 Å². The van der Waals surface area contributed by atoms with Crippen molar-refractivity contribution in [3.8, 4) is 5.88 Å². The summed E-state index contributed by atoms with van der Waals surface area (Å²) in [5.41, 5.74) is -0.253. The fraction of sp³-hybridized carbons (Fsp3) is 0.667. The van der Waals surface area contributed by atoms with E-state index in [-0.39, 0.29) is 18.3 Å². The maximum absolute atomic E-state index is 12.6. The van der Waals surface area contributed by atoms with Gasteiger partial charge in [-0.3, -0.25) is 0 Å². The third kappa shape index (κ3) is 3.84. The van der Waals surface area contributed by atoms with E-state index in [1.165, 1.54) is 12.8 Å². The molecule has 1 aliphatic heterocycles. The van der Waals surface area contributed by atoms with E-state index in [4.69, 9.17) is 4.74 Å². The lowest BCUT2D eigenvalue weighted by molar-refractivity contribution is -0.137.